The number of imidazole rings is 1. The lowest BCUT2D eigenvalue weighted by Crippen LogP contribution is -2.20. The van der Waals surface area contributed by atoms with Crippen LogP contribution < -0.4 is 0 Å². The molecule has 0 aliphatic heterocycles. The number of aryl methyl sites for hydroxylation is 1. The molecule has 0 saturated heterocycles. The fourth-order valence-electron chi connectivity index (χ4n) is 2.83. The van der Waals surface area contributed by atoms with Gasteiger partial charge in [0.2, 0.25) is 0 Å². The number of methoxy groups -OCH3 is 1. The average molecular weight is 256 g/mol. The van der Waals surface area contributed by atoms with Gasteiger partial charge >= 0.3 is 5.97 Å². The van der Waals surface area contributed by atoms with Gasteiger partial charge in [0.25, 0.3) is 0 Å². The van der Waals surface area contributed by atoms with Gasteiger partial charge in [-0.15, -0.1) is 0 Å². The number of esters is 1. The minimum absolute atomic E-state index is 0.182. The molecule has 1 atom stereocenters. The second-order valence-corrected chi connectivity index (χ2v) is 4.78. The van der Waals surface area contributed by atoms with E-state index in [2.05, 4.69) is 23.2 Å². The van der Waals surface area contributed by atoms with E-state index in [1.807, 2.05) is 10.6 Å². The molecule has 19 heavy (non-hydrogen) atoms. The van der Waals surface area contributed by atoms with Crippen molar-refractivity contribution in [1.29, 1.82) is 0 Å². The number of ether oxygens (including phenoxy) is 1. The molecular formula is C15H16N2O2. The standard InChI is InChI=1S/C15H16N2O2/c1-19-15(18)14-9-16-10-17(14)13-8-4-6-11-5-2-3-7-12(11)13/h2-3,5,7,9-10,13H,4,6,8H2,1H3/t13-/m1/s1. The van der Waals surface area contributed by atoms with Gasteiger partial charge in [-0.25, -0.2) is 9.78 Å². The zero-order valence-corrected chi connectivity index (χ0v) is 10.9. The molecule has 98 valence electrons. The molecule has 0 N–H and O–H groups in total. The highest BCUT2D eigenvalue weighted by Gasteiger charge is 2.25. The third kappa shape index (κ3) is 2.03. The van der Waals surface area contributed by atoms with Crippen molar-refractivity contribution in [2.24, 2.45) is 0 Å². The maximum absolute atomic E-state index is 11.8. The van der Waals surface area contributed by atoms with Crippen LogP contribution in [0.15, 0.2) is 36.8 Å². The Morgan fingerprint density at radius 2 is 2.26 bits per heavy atom. The maximum atomic E-state index is 11.8. The lowest BCUT2D eigenvalue weighted by atomic mass is 9.87. The van der Waals surface area contributed by atoms with Crippen molar-refractivity contribution in [1.82, 2.24) is 9.55 Å². The van der Waals surface area contributed by atoms with Crippen molar-refractivity contribution in [3.63, 3.8) is 0 Å². The van der Waals surface area contributed by atoms with E-state index in [0.717, 1.165) is 19.3 Å². The van der Waals surface area contributed by atoms with Crippen LogP contribution in [0.2, 0.25) is 0 Å². The predicted molar refractivity (Wildman–Crippen MR) is 71.1 cm³/mol. The minimum atomic E-state index is -0.333. The Balaban J connectivity index is 2.05. The van der Waals surface area contributed by atoms with Crippen molar-refractivity contribution in [3.05, 3.63) is 53.6 Å². The lowest BCUT2D eigenvalue weighted by Gasteiger charge is -2.27. The van der Waals surface area contributed by atoms with Crippen molar-refractivity contribution in [3.8, 4) is 0 Å². The molecule has 1 aliphatic carbocycles. The van der Waals surface area contributed by atoms with Crippen molar-refractivity contribution < 1.29 is 9.53 Å². The van der Waals surface area contributed by atoms with Gasteiger partial charge in [-0.05, 0) is 30.4 Å². The Labute approximate surface area is 112 Å². The first-order valence-electron chi connectivity index (χ1n) is 6.49. The van der Waals surface area contributed by atoms with Gasteiger partial charge in [-0.1, -0.05) is 24.3 Å². The SMILES string of the molecule is COC(=O)c1cncn1[C@@H]1CCCc2ccccc21. The molecule has 0 unspecified atom stereocenters. The molecule has 0 amide bonds. The molecule has 0 bridgehead atoms. The summed E-state index contributed by atoms with van der Waals surface area (Å²) in [5.41, 5.74) is 3.17. The molecule has 1 aromatic heterocycles. The summed E-state index contributed by atoms with van der Waals surface area (Å²) in [6, 6.07) is 8.60. The zero-order valence-electron chi connectivity index (χ0n) is 10.9. The Morgan fingerprint density at radius 1 is 1.42 bits per heavy atom. The van der Waals surface area contributed by atoms with Gasteiger partial charge in [0.05, 0.1) is 25.7 Å². The van der Waals surface area contributed by atoms with Crippen LogP contribution in [0, 0.1) is 0 Å². The number of fused-ring (bicyclic) bond motifs is 1. The number of nitrogens with zero attached hydrogens (tertiary/aromatic N) is 2. The summed E-state index contributed by atoms with van der Waals surface area (Å²) in [4.78, 5) is 15.9. The fraction of sp³-hybridized carbons (Fsp3) is 0.333. The maximum Gasteiger partial charge on any atom is 0.356 e. The van der Waals surface area contributed by atoms with E-state index < -0.39 is 0 Å². The average Bonchev–Trinajstić information content (AvgIpc) is 2.95. The molecule has 4 heteroatoms. The minimum Gasteiger partial charge on any atom is -0.464 e. The molecular weight excluding hydrogens is 240 g/mol. The normalized spacial score (nSPS) is 17.8. The zero-order chi connectivity index (χ0) is 13.2. The molecule has 0 saturated carbocycles. The van der Waals surface area contributed by atoms with Gasteiger partial charge in [-0.3, -0.25) is 0 Å². The van der Waals surface area contributed by atoms with Gasteiger partial charge in [0.1, 0.15) is 5.69 Å². The van der Waals surface area contributed by atoms with Gasteiger partial charge < -0.3 is 9.30 Å². The first-order valence-corrected chi connectivity index (χ1v) is 6.49. The van der Waals surface area contributed by atoms with E-state index in [-0.39, 0.29) is 12.0 Å². The van der Waals surface area contributed by atoms with Crippen LogP contribution in [0.4, 0.5) is 0 Å². The van der Waals surface area contributed by atoms with Gasteiger partial charge in [-0.2, -0.15) is 0 Å². The van der Waals surface area contributed by atoms with Crippen LogP contribution in [0.5, 0.6) is 0 Å². The number of carbonyl (C=O) groups is 1. The first-order chi connectivity index (χ1) is 9.31. The van der Waals surface area contributed by atoms with E-state index in [1.54, 1.807) is 12.5 Å². The molecule has 1 aliphatic rings. The third-order valence-electron chi connectivity index (χ3n) is 3.73. The Bertz CT molecular complexity index is 604. The fourth-order valence-corrected chi connectivity index (χ4v) is 2.83. The number of hydrogen-bond donors (Lipinski definition) is 0. The van der Waals surface area contributed by atoms with Crippen LogP contribution in [0.3, 0.4) is 0 Å². The number of carbonyl (C=O) groups excluding carboxylic acids is 1. The molecule has 1 aromatic carbocycles. The molecule has 0 fully saturated rings. The second-order valence-electron chi connectivity index (χ2n) is 4.78. The molecule has 0 radical (unpaired) electrons. The summed E-state index contributed by atoms with van der Waals surface area (Å²) in [5.74, 6) is -0.333. The number of rotatable bonds is 2. The van der Waals surface area contributed by atoms with E-state index in [4.69, 9.17) is 4.74 Å². The Hall–Kier alpha value is -2.10. The number of aromatic nitrogens is 2. The van der Waals surface area contributed by atoms with Crippen LogP contribution in [-0.4, -0.2) is 22.6 Å². The lowest BCUT2D eigenvalue weighted by molar-refractivity contribution is 0.0586. The predicted octanol–water partition coefficient (Wildman–Crippen LogP) is 2.60. The van der Waals surface area contributed by atoms with E-state index in [0.29, 0.717) is 5.69 Å². The summed E-state index contributed by atoms with van der Waals surface area (Å²) in [7, 11) is 1.40. The van der Waals surface area contributed by atoms with Crippen LogP contribution >= 0.6 is 0 Å². The topological polar surface area (TPSA) is 44.1 Å². The van der Waals surface area contributed by atoms with Gasteiger partial charge in [0, 0.05) is 0 Å². The van der Waals surface area contributed by atoms with Gasteiger partial charge in [0.15, 0.2) is 0 Å². The van der Waals surface area contributed by atoms with Crippen LogP contribution in [0.25, 0.3) is 0 Å². The van der Waals surface area contributed by atoms with Crippen LogP contribution in [0.1, 0.15) is 40.5 Å². The van der Waals surface area contributed by atoms with E-state index in [9.17, 15) is 4.79 Å². The monoisotopic (exact) mass is 256 g/mol. The molecule has 3 rings (SSSR count). The third-order valence-corrected chi connectivity index (χ3v) is 3.73. The smallest absolute Gasteiger partial charge is 0.356 e. The Kier molecular flexibility index (Phi) is 3.07. The highest BCUT2D eigenvalue weighted by molar-refractivity contribution is 5.87. The molecule has 4 nitrogen and oxygen atoms in total. The van der Waals surface area contributed by atoms with Crippen molar-refractivity contribution in [2.75, 3.05) is 7.11 Å². The first kappa shape index (κ1) is 12.0. The van der Waals surface area contributed by atoms with Crippen LogP contribution in [-0.2, 0) is 11.2 Å². The molecule has 1 heterocycles. The quantitative estimate of drug-likeness (QED) is 0.776. The van der Waals surface area contributed by atoms with Crippen molar-refractivity contribution in [2.45, 2.75) is 25.3 Å². The summed E-state index contributed by atoms with van der Waals surface area (Å²) in [6.07, 6.45) is 6.55. The summed E-state index contributed by atoms with van der Waals surface area (Å²) < 4.78 is 6.75. The summed E-state index contributed by atoms with van der Waals surface area (Å²) in [5, 5.41) is 0. The van der Waals surface area contributed by atoms with Crippen molar-refractivity contribution >= 4 is 5.97 Å². The summed E-state index contributed by atoms with van der Waals surface area (Å²) >= 11 is 0. The number of hydrogen-bond acceptors (Lipinski definition) is 3. The Morgan fingerprint density at radius 3 is 3.11 bits per heavy atom. The molecule has 2 aromatic rings. The summed E-state index contributed by atoms with van der Waals surface area (Å²) in [6.45, 7) is 0. The number of benzene rings is 1. The highest BCUT2D eigenvalue weighted by atomic mass is 16.5. The second kappa shape index (κ2) is 4.88. The van der Waals surface area contributed by atoms with E-state index >= 15 is 0 Å². The molecule has 0 spiro atoms. The highest BCUT2D eigenvalue weighted by Crippen LogP contribution is 2.33. The largest absolute Gasteiger partial charge is 0.464 e. The van der Waals surface area contributed by atoms with E-state index in [1.165, 1.54) is 18.2 Å².